The number of hydrogen-bond donors (Lipinski definition) is 3. The highest BCUT2D eigenvalue weighted by Crippen LogP contribution is 2.28. The average Bonchev–Trinajstić information content (AvgIpc) is 2.97. The molecule has 3 aliphatic heterocycles. The highest BCUT2D eigenvalue weighted by Gasteiger charge is 2.40. The Morgan fingerprint density at radius 2 is 2.04 bits per heavy atom. The van der Waals surface area contributed by atoms with E-state index in [2.05, 4.69) is 20.9 Å². The van der Waals surface area contributed by atoms with Crippen molar-refractivity contribution in [3.8, 4) is 0 Å². The van der Waals surface area contributed by atoms with Crippen LogP contribution >= 0.6 is 0 Å². The van der Waals surface area contributed by atoms with Crippen molar-refractivity contribution in [3.05, 3.63) is 23.4 Å². The molecule has 0 aliphatic carbocycles. The predicted octanol–water partition coefficient (Wildman–Crippen LogP) is 0.346. The van der Waals surface area contributed by atoms with Gasteiger partial charge in [-0.15, -0.1) is 0 Å². The molecular weight excluding hydrogens is 353 g/mol. The highest BCUT2D eigenvalue weighted by molar-refractivity contribution is 6.05. The van der Waals surface area contributed by atoms with Crippen LogP contribution in [0.4, 0.5) is 10.2 Å². The van der Waals surface area contributed by atoms with Crippen LogP contribution in [0.25, 0.3) is 0 Å². The summed E-state index contributed by atoms with van der Waals surface area (Å²) in [6, 6.07) is 2.66. The van der Waals surface area contributed by atoms with Crippen LogP contribution in [0.3, 0.4) is 0 Å². The Hall–Kier alpha value is -2.55. The van der Waals surface area contributed by atoms with Gasteiger partial charge in [-0.05, 0) is 44.5 Å². The summed E-state index contributed by atoms with van der Waals surface area (Å²) in [6.45, 7) is 1.70. The SMILES string of the molecule is O=C1CCC(N2Cc3nc(NCC4(F)CCNCC4)ccc3C2=O)C(=O)N1. The summed E-state index contributed by atoms with van der Waals surface area (Å²) < 4.78 is 14.7. The van der Waals surface area contributed by atoms with Gasteiger partial charge in [0.15, 0.2) is 0 Å². The summed E-state index contributed by atoms with van der Waals surface area (Å²) in [5.41, 5.74) is -0.254. The molecule has 1 atom stereocenters. The normalized spacial score (nSPS) is 24.6. The van der Waals surface area contributed by atoms with Gasteiger partial charge >= 0.3 is 0 Å². The van der Waals surface area contributed by atoms with Crippen LogP contribution in [0.2, 0.25) is 0 Å². The van der Waals surface area contributed by atoms with Crippen molar-refractivity contribution in [3.63, 3.8) is 0 Å². The van der Waals surface area contributed by atoms with Crippen LogP contribution in [0.5, 0.6) is 0 Å². The number of carbonyl (C=O) groups excluding carboxylic acids is 3. The second-order valence-electron chi connectivity index (χ2n) is 7.35. The Morgan fingerprint density at radius 1 is 1.26 bits per heavy atom. The number of carbonyl (C=O) groups is 3. The molecule has 2 saturated heterocycles. The van der Waals surface area contributed by atoms with Gasteiger partial charge in [0.2, 0.25) is 11.8 Å². The highest BCUT2D eigenvalue weighted by atomic mass is 19.1. The number of hydrogen-bond acceptors (Lipinski definition) is 6. The summed E-state index contributed by atoms with van der Waals surface area (Å²) in [4.78, 5) is 41.9. The molecule has 144 valence electrons. The first-order valence-electron chi connectivity index (χ1n) is 9.23. The number of halogens is 1. The number of alkyl halides is 1. The van der Waals surface area contributed by atoms with Gasteiger partial charge in [0, 0.05) is 6.42 Å². The maximum Gasteiger partial charge on any atom is 0.256 e. The van der Waals surface area contributed by atoms with E-state index in [0.29, 0.717) is 49.4 Å². The van der Waals surface area contributed by atoms with Crippen molar-refractivity contribution in [2.75, 3.05) is 25.0 Å². The number of nitrogens with zero attached hydrogens (tertiary/aromatic N) is 2. The molecule has 8 nitrogen and oxygen atoms in total. The van der Waals surface area contributed by atoms with E-state index >= 15 is 0 Å². The fourth-order valence-electron chi connectivity index (χ4n) is 3.83. The fourth-order valence-corrected chi connectivity index (χ4v) is 3.83. The summed E-state index contributed by atoms with van der Waals surface area (Å²) in [7, 11) is 0. The summed E-state index contributed by atoms with van der Waals surface area (Å²) in [5.74, 6) is -0.514. The number of rotatable bonds is 4. The van der Waals surface area contributed by atoms with Gasteiger partial charge in [-0.25, -0.2) is 9.37 Å². The van der Waals surface area contributed by atoms with Gasteiger partial charge in [-0.3, -0.25) is 19.7 Å². The van der Waals surface area contributed by atoms with Crippen LogP contribution in [0, 0.1) is 0 Å². The number of nitrogens with one attached hydrogen (secondary N) is 3. The molecule has 9 heteroatoms. The lowest BCUT2D eigenvalue weighted by Gasteiger charge is -2.30. The second kappa shape index (κ2) is 6.88. The molecule has 3 amide bonds. The number of imide groups is 1. The van der Waals surface area contributed by atoms with E-state index < -0.39 is 17.6 Å². The first kappa shape index (κ1) is 17.8. The molecule has 3 aliphatic rings. The number of amides is 3. The molecule has 3 N–H and O–H groups in total. The zero-order chi connectivity index (χ0) is 19.0. The number of pyridine rings is 1. The molecule has 0 aromatic carbocycles. The summed E-state index contributed by atoms with van der Waals surface area (Å²) >= 11 is 0. The van der Waals surface area contributed by atoms with Crippen LogP contribution in [-0.4, -0.2) is 59.0 Å². The first-order chi connectivity index (χ1) is 13.0. The van der Waals surface area contributed by atoms with Gasteiger partial charge in [-0.1, -0.05) is 0 Å². The third kappa shape index (κ3) is 3.51. The van der Waals surface area contributed by atoms with Crippen LogP contribution in [-0.2, 0) is 16.1 Å². The van der Waals surface area contributed by atoms with Gasteiger partial charge < -0.3 is 15.5 Å². The summed E-state index contributed by atoms with van der Waals surface area (Å²) in [5, 5.41) is 8.45. The third-order valence-electron chi connectivity index (χ3n) is 5.46. The molecule has 0 radical (unpaired) electrons. The van der Waals surface area contributed by atoms with Crippen LogP contribution in [0.1, 0.15) is 41.7 Å². The van der Waals surface area contributed by atoms with Crippen molar-refractivity contribution < 1.29 is 18.8 Å². The molecule has 1 aromatic rings. The Morgan fingerprint density at radius 3 is 2.78 bits per heavy atom. The van der Waals surface area contributed by atoms with E-state index in [0.717, 1.165) is 0 Å². The number of piperidine rings is 2. The number of anilines is 1. The topological polar surface area (TPSA) is 103 Å². The quantitative estimate of drug-likeness (QED) is 0.656. The van der Waals surface area contributed by atoms with Gasteiger partial charge in [0.25, 0.3) is 5.91 Å². The van der Waals surface area contributed by atoms with E-state index in [9.17, 15) is 18.8 Å². The maximum atomic E-state index is 14.7. The van der Waals surface area contributed by atoms with Crippen LogP contribution in [0.15, 0.2) is 12.1 Å². The Kier molecular flexibility index (Phi) is 4.55. The number of aromatic nitrogens is 1. The van der Waals surface area contributed by atoms with E-state index in [1.807, 2.05) is 0 Å². The van der Waals surface area contributed by atoms with Gasteiger partial charge in [-0.2, -0.15) is 0 Å². The minimum Gasteiger partial charge on any atom is -0.367 e. The standard InChI is InChI=1S/C18H22FN5O3/c19-18(5-7-20-8-6-18)10-21-14-3-1-11-12(22-14)9-24(17(11)27)13-2-4-15(25)23-16(13)26/h1,3,13,20H,2,4-10H2,(H,21,22)(H,23,25,26). The molecular formula is C18H22FN5O3. The van der Waals surface area contributed by atoms with E-state index in [1.165, 1.54) is 4.90 Å². The second-order valence-corrected chi connectivity index (χ2v) is 7.35. The molecule has 0 bridgehead atoms. The van der Waals surface area contributed by atoms with Gasteiger partial charge in [0.05, 0.1) is 24.3 Å². The average molecular weight is 375 g/mol. The largest absolute Gasteiger partial charge is 0.367 e. The molecule has 2 fully saturated rings. The molecule has 1 unspecified atom stereocenters. The molecule has 4 rings (SSSR count). The minimum atomic E-state index is -1.26. The smallest absolute Gasteiger partial charge is 0.256 e. The first-order valence-corrected chi connectivity index (χ1v) is 9.23. The summed E-state index contributed by atoms with van der Waals surface area (Å²) in [6.07, 6.45) is 1.43. The van der Waals surface area contributed by atoms with Crippen LogP contribution < -0.4 is 16.0 Å². The minimum absolute atomic E-state index is 0.172. The lowest BCUT2D eigenvalue weighted by atomic mass is 9.94. The van der Waals surface area contributed by atoms with Crippen molar-refractivity contribution in [2.24, 2.45) is 0 Å². The van der Waals surface area contributed by atoms with Crippen molar-refractivity contribution in [2.45, 2.75) is 43.9 Å². The van der Waals surface area contributed by atoms with E-state index in [4.69, 9.17) is 0 Å². The molecule has 27 heavy (non-hydrogen) atoms. The van der Waals surface area contributed by atoms with Crippen molar-refractivity contribution in [1.82, 2.24) is 20.5 Å². The number of fused-ring (bicyclic) bond motifs is 1. The van der Waals surface area contributed by atoms with Gasteiger partial charge in [0.1, 0.15) is 17.5 Å². The molecule has 0 saturated carbocycles. The lowest BCUT2D eigenvalue weighted by Crippen LogP contribution is -2.52. The Bertz CT molecular complexity index is 793. The predicted molar refractivity (Wildman–Crippen MR) is 94.7 cm³/mol. The zero-order valence-electron chi connectivity index (χ0n) is 14.9. The van der Waals surface area contributed by atoms with E-state index in [-0.39, 0.29) is 31.3 Å². The lowest BCUT2D eigenvalue weighted by molar-refractivity contribution is -0.136. The van der Waals surface area contributed by atoms with Crippen molar-refractivity contribution >= 4 is 23.5 Å². The monoisotopic (exact) mass is 375 g/mol. The fraction of sp³-hybridized carbons (Fsp3) is 0.556. The van der Waals surface area contributed by atoms with Crippen molar-refractivity contribution in [1.29, 1.82) is 0 Å². The molecule has 1 aromatic heterocycles. The zero-order valence-corrected chi connectivity index (χ0v) is 14.9. The molecule has 0 spiro atoms. The maximum absolute atomic E-state index is 14.7. The molecule has 4 heterocycles. The Balaban J connectivity index is 1.44. The van der Waals surface area contributed by atoms with E-state index in [1.54, 1.807) is 12.1 Å². The third-order valence-corrected chi connectivity index (χ3v) is 5.46. The Labute approximate surface area is 155 Å².